The molecule has 0 saturated heterocycles. The van der Waals surface area contributed by atoms with Gasteiger partial charge < -0.3 is 5.73 Å². The summed E-state index contributed by atoms with van der Waals surface area (Å²) in [5.74, 6) is 0.0776. The van der Waals surface area contributed by atoms with Crippen molar-refractivity contribution in [2.45, 2.75) is 0 Å². The highest BCUT2D eigenvalue weighted by atomic mass is 35.5. The molecule has 0 heterocycles. The molecule has 0 aliphatic carbocycles. The van der Waals surface area contributed by atoms with E-state index in [1.807, 2.05) is 36.4 Å². The van der Waals surface area contributed by atoms with E-state index in [0.717, 1.165) is 5.56 Å². The molecule has 64 valence electrons. The maximum Gasteiger partial charge on any atom is 0.115 e. The van der Waals surface area contributed by atoms with Crippen molar-refractivity contribution in [3.63, 3.8) is 0 Å². The minimum Gasteiger partial charge on any atom is -0.384 e. The van der Waals surface area contributed by atoms with Gasteiger partial charge in [-0.2, -0.15) is 0 Å². The van der Waals surface area contributed by atoms with Crippen LogP contribution in [0, 0.1) is 5.41 Å². The molecule has 0 amide bonds. The molecule has 0 spiro atoms. The predicted molar refractivity (Wildman–Crippen MR) is 54.6 cm³/mol. The maximum atomic E-state index is 6.93. The van der Waals surface area contributed by atoms with E-state index < -0.39 is 0 Å². The Labute approximate surface area is 78.0 Å². The Hall–Kier alpha value is -1.28. The molecule has 1 aromatic rings. The fourth-order valence-electron chi connectivity index (χ4n) is 0.750. The molecule has 3 N–H and O–H groups in total. The molecule has 0 aliphatic heterocycles. The van der Waals surface area contributed by atoms with Crippen LogP contribution >= 0.6 is 12.4 Å². The van der Waals surface area contributed by atoms with Gasteiger partial charge in [0.25, 0.3) is 0 Å². The SMILES string of the molecule is Cl.N=C(N)/C=C/c1ccccc1. The Morgan fingerprint density at radius 3 is 2.33 bits per heavy atom. The Balaban J connectivity index is 0.00000121. The average molecular weight is 183 g/mol. The molecule has 0 aliphatic rings. The van der Waals surface area contributed by atoms with Gasteiger partial charge in [0.1, 0.15) is 5.84 Å². The molecule has 1 rings (SSSR count). The van der Waals surface area contributed by atoms with Crippen LogP contribution in [0.3, 0.4) is 0 Å². The van der Waals surface area contributed by atoms with Crippen molar-refractivity contribution in [1.82, 2.24) is 0 Å². The van der Waals surface area contributed by atoms with Crippen LogP contribution in [0.2, 0.25) is 0 Å². The summed E-state index contributed by atoms with van der Waals surface area (Å²) in [5, 5.41) is 6.93. The van der Waals surface area contributed by atoms with E-state index in [-0.39, 0.29) is 18.2 Å². The minimum atomic E-state index is 0. The van der Waals surface area contributed by atoms with E-state index in [2.05, 4.69) is 0 Å². The molecular formula is C9H11ClN2. The summed E-state index contributed by atoms with van der Waals surface area (Å²) in [6.45, 7) is 0. The number of halogens is 1. The Morgan fingerprint density at radius 1 is 1.25 bits per heavy atom. The first-order valence-electron chi connectivity index (χ1n) is 3.36. The van der Waals surface area contributed by atoms with Crippen molar-refractivity contribution in [3.05, 3.63) is 42.0 Å². The molecular weight excluding hydrogens is 172 g/mol. The lowest BCUT2D eigenvalue weighted by Gasteiger charge is -1.89. The van der Waals surface area contributed by atoms with E-state index in [1.54, 1.807) is 6.08 Å². The van der Waals surface area contributed by atoms with Gasteiger partial charge >= 0.3 is 0 Å². The Bertz CT molecular complexity index is 267. The van der Waals surface area contributed by atoms with Crippen LogP contribution in [0.25, 0.3) is 6.08 Å². The lowest BCUT2D eigenvalue weighted by atomic mass is 10.2. The lowest BCUT2D eigenvalue weighted by Crippen LogP contribution is -2.03. The van der Waals surface area contributed by atoms with Crippen molar-refractivity contribution < 1.29 is 0 Å². The van der Waals surface area contributed by atoms with Crippen LogP contribution in [0.15, 0.2) is 36.4 Å². The Morgan fingerprint density at radius 2 is 1.83 bits per heavy atom. The zero-order valence-electron chi connectivity index (χ0n) is 6.53. The zero-order valence-corrected chi connectivity index (χ0v) is 7.34. The van der Waals surface area contributed by atoms with Crippen LogP contribution in [-0.4, -0.2) is 5.84 Å². The number of hydrogen-bond acceptors (Lipinski definition) is 1. The van der Waals surface area contributed by atoms with Gasteiger partial charge in [0.15, 0.2) is 0 Å². The highest BCUT2D eigenvalue weighted by molar-refractivity contribution is 5.92. The molecule has 0 fully saturated rings. The molecule has 0 aromatic heterocycles. The summed E-state index contributed by atoms with van der Waals surface area (Å²) in [7, 11) is 0. The van der Waals surface area contributed by atoms with Gasteiger partial charge in [-0.05, 0) is 11.6 Å². The largest absolute Gasteiger partial charge is 0.384 e. The summed E-state index contributed by atoms with van der Waals surface area (Å²) in [6, 6.07) is 9.75. The van der Waals surface area contributed by atoms with Crippen molar-refractivity contribution >= 4 is 24.3 Å². The first kappa shape index (κ1) is 10.7. The number of hydrogen-bond donors (Lipinski definition) is 2. The van der Waals surface area contributed by atoms with Gasteiger partial charge in [-0.1, -0.05) is 36.4 Å². The van der Waals surface area contributed by atoms with Crippen molar-refractivity contribution in [2.75, 3.05) is 0 Å². The van der Waals surface area contributed by atoms with Crippen LogP contribution < -0.4 is 5.73 Å². The minimum absolute atomic E-state index is 0. The smallest absolute Gasteiger partial charge is 0.115 e. The highest BCUT2D eigenvalue weighted by Gasteiger charge is 1.81. The lowest BCUT2D eigenvalue weighted by molar-refractivity contribution is 1.47. The zero-order chi connectivity index (χ0) is 8.10. The van der Waals surface area contributed by atoms with Crippen LogP contribution in [0.1, 0.15) is 5.56 Å². The van der Waals surface area contributed by atoms with Gasteiger partial charge in [0, 0.05) is 0 Å². The number of benzene rings is 1. The number of amidine groups is 1. The second-order valence-electron chi connectivity index (χ2n) is 2.20. The highest BCUT2D eigenvalue weighted by Crippen LogP contribution is 1.99. The number of rotatable bonds is 2. The van der Waals surface area contributed by atoms with E-state index in [4.69, 9.17) is 11.1 Å². The monoisotopic (exact) mass is 182 g/mol. The van der Waals surface area contributed by atoms with E-state index >= 15 is 0 Å². The number of nitrogens with one attached hydrogen (secondary N) is 1. The molecule has 12 heavy (non-hydrogen) atoms. The third kappa shape index (κ3) is 3.78. The first-order chi connectivity index (χ1) is 5.29. The average Bonchev–Trinajstić information content (AvgIpc) is 2.03. The molecule has 0 unspecified atom stereocenters. The molecule has 1 aromatic carbocycles. The summed E-state index contributed by atoms with van der Waals surface area (Å²) in [4.78, 5) is 0. The molecule has 0 bridgehead atoms. The van der Waals surface area contributed by atoms with Crippen LogP contribution in [0.4, 0.5) is 0 Å². The van der Waals surface area contributed by atoms with Crippen LogP contribution in [-0.2, 0) is 0 Å². The van der Waals surface area contributed by atoms with Gasteiger partial charge in [-0.25, -0.2) is 0 Å². The van der Waals surface area contributed by atoms with E-state index in [1.165, 1.54) is 0 Å². The molecule has 0 atom stereocenters. The Kier molecular flexibility index (Phi) is 4.81. The van der Waals surface area contributed by atoms with Gasteiger partial charge in [-0.15, -0.1) is 12.4 Å². The standard InChI is InChI=1S/C9H10N2.ClH/c10-9(11)7-6-8-4-2-1-3-5-8;/h1-7H,(H3,10,11);1H/b7-6+;. The molecule has 3 heteroatoms. The second kappa shape index (κ2) is 5.38. The normalized spacial score (nSPS) is 9.33. The van der Waals surface area contributed by atoms with Crippen molar-refractivity contribution in [2.24, 2.45) is 5.73 Å². The maximum absolute atomic E-state index is 6.93. The van der Waals surface area contributed by atoms with Gasteiger partial charge in [0.2, 0.25) is 0 Å². The number of nitrogens with two attached hydrogens (primary N) is 1. The molecule has 2 nitrogen and oxygen atoms in total. The summed E-state index contributed by atoms with van der Waals surface area (Å²) in [5.41, 5.74) is 6.19. The fraction of sp³-hybridized carbons (Fsp3) is 0. The summed E-state index contributed by atoms with van der Waals surface area (Å²) in [6.07, 6.45) is 3.37. The predicted octanol–water partition coefficient (Wildman–Crippen LogP) is 2.06. The fourth-order valence-corrected chi connectivity index (χ4v) is 0.750. The van der Waals surface area contributed by atoms with E-state index in [0.29, 0.717) is 0 Å². The first-order valence-corrected chi connectivity index (χ1v) is 3.36. The summed E-state index contributed by atoms with van der Waals surface area (Å²) < 4.78 is 0. The topological polar surface area (TPSA) is 49.9 Å². The van der Waals surface area contributed by atoms with Crippen LogP contribution in [0.5, 0.6) is 0 Å². The molecule has 0 radical (unpaired) electrons. The van der Waals surface area contributed by atoms with Gasteiger partial charge in [0.05, 0.1) is 0 Å². The quantitative estimate of drug-likeness (QED) is 0.534. The third-order valence-corrected chi connectivity index (χ3v) is 1.25. The van der Waals surface area contributed by atoms with Crippen molar-refractivity contribution in [3.8, 4) is 0 Å². The molecule has 0 saturated carbocycles. The van der Waals surface area contributed by atoms with Crippen molar-refractivity contribution in [1.29, 1.82) is 5.41 Å². The second-order valence-corrected chi connectivity index (χ2v) is 2.20. The third-order valence-electron chi connectivity index (χ3n) is 1.25. The van der Waals surface area contributed by atoms with E-state index in [9.17, 15) is 0 Å². The van der Waals surface area contributed by atoms with Gasteiger partial charge in [-0.3, -0.25) is 5.41 Å². The summed E-state index contributed by atoms with van der Waals surface area (Å²) >= 11 is 0.